The van der Waals surface area contributed by atoms with Crippen LogP contribution in [0, 0.1) is 0 Å². The van der Waals surface area contributed by atoms with Gasteiger partial charge in [-0.3, -0.25) is 0 Å². The van der Waals surface area contributed by atoms with Crippen molar-refractivity contribution >= 4 is 11.0 Å². The Hall–Kier alpha value is -2.10. The van der Waals surface area contributed by atoms with Gasteiger partial charge in [0, 0.05) is 10.9 Å². The second-order valence-corrected chi connectivity index (χ2v) is 5.73. The van der Waals surface area contributed by atoms with Crippen molar-refractivity contribution in [1.29, 1.82) is 0 Å². The van der Waals surface area contributed by atoms with Crippen LogP contribution in [0.25, 0.3) is 11.0 Å². The zero-order chi connectivity index (χ0) is 15.6. The molecule has 0 radical (unpaired) electrons. The topological polar surface area (TPSA) is 53.6 Å². The fourth-order valence-corrected chi connectivity index (χ4v) is 2.86. The Labute approximate surface area is 129 Å². The third-order valence-electron chi connectivity index (χ3n) is 4.28. The number of furan rings is 1. The average molecular weight is 296 g/mol. The molecule has 1 unspecified atom stereocenters. The van der Waals surface area contributed by atoms with Gasteiger partial charge in [0.2, 0.25) is 0 Å². The molecule has 0 aliphatic carbocycles. The van der Waals surface area contributed by atoms with Gasteiger partial charge in [-0.15, -0.1) is 0 Å². The van der Waals surface area contributed by atoms with E-state index in [1.54, 1.807) is 13.2 Å². The normalized spacial score (nSPS) is 15.6. The molecule has 0 saturated carbocycles. The van der Waals surface area contributed by atoms with Crippen LogP contribution in [-0.4, -0.2) is 16.3 Å². The molecule has 114 valence electrons. The van der Waals surface area contributed by atoms with Crippen LogP contribution in [0.2, 0.25) is 0 Å². The lowest BCUT2D eigenvalue weighted by molar-refractivity contribution is -0.0766. The third kappa shape index (κ3) is 2.65. The van der Waals surface area contributed by atoms with Gasteiger partial charge in [-0.25, -0.2) is 0 Å². The molecule has 2 N–H and O–H groups in total. The molecule has 0 aliphatic rings. The maximum Gasteiger partial charge on any atom is 0.134 e. The Morgan fingerprint density at radius 3 is 2.45 bits per heavy atom. The van der Waals surface area contributed by atoms with Crippen molar-refractivity contribution in [3.05, 3.63) is 72.0 Å². The Bertz CT molecular complexity index is 745. The summed E-state index contributed by atoms with van der Waals surface area (Å²) in [5.74, 6) is 0. The summed E-state index contributed by atoms with van der Waals surface area (Å²) >= 11 is 0. The van der Waals surface area contributed by atoms with Crippen LogP contribution in [0.1, 0.15) is 24.5 Å². The van der Waals surface area contributed by atoms with Gasteiger partial charge in [0.1, 0.15) is 11.2 Å². The lowest BCUT2D eigenvalue weighted by Gasteiger charge is -2.30. The number of benzene rings is 2. The van der Waals surface area contributed by atoms with E-state index in [4.69, 9.17) is 4.42 Å². The van der Waals surface area contributed by atoms with Crippen LogP contribution < -0.4 is 0 Å². The van der Waals surface area contributed by atoms with Gasteiger partial charge >= 0.3 is 0 Å². The monoisotopic (exact) mass is 296 g/mol. The Morgan fingerprint density at radius 1 is 1.05 bits per heavy atom. The van der Waals surface area contributed by atoms with Crippen molar-refractivity contribution < 1.29 is 14.6 Å². The third-order valence-corrected chi connectivity index (χ3v) is 4.28. The molecule has 3 nitrogen and oxygen atoms in total. The summed E-state index contributed by atoms with van der Waals surface area (Å²) in [4.78, 5) is 0. The number of aryl methyl sites for hydroxylation is 1. The predicted molar refractivity (Wildman–Crippen MR) is 86.6 cm³/mol. The molecule has 0 fully saturated rings. The first-order chi connectivity index (χ1) is 10.6. The van der Waals surface area contributed by atoms with Gasteiger partial charge in [0.05, 0.1) is 12.4 Å². The SMILES string of the molecule is C[C@H](O)C(O)(CCc1ccccc1)c1coc2ccccc12. The maximum atomic E-state index is 11.1. The number of aliphatic hydroxyl groups is 2. The molecule has 0 amide bonds. The van der Waals surface area contributed by atoms with E-state index in [9.17, 15) is 10.2 Å². The highest BCUT2D eigenvalue weighted by molar-refractivity contribution is 5.81. The number of fused-ring (bicyclic) bond motifs is 1. The minimum atomic E-state index is -1.33. The van der Waals surface area contributed by atoms with E-state index in [1.807, 2.05) is 54.6 Å². The first kappa shape index (κ1) is 14.8. The fourth-order valence-electron chi connectivity index (χ4n) is 2.86. The summed E-state index contributed by atoms with van der Waals surface area (Å²) in [5, 5.41) is 22.1. The van der Waals surface area contributed by atoms with Crippen molar-refractivity contribution in [2.75, 3.05) is 0 Å². The first-order valence-electron chi connectivity index (χ1n) is 7.52. The molecule has 2 atom stereocenters. The molecule has 1 aromatic heterocycles. The quantitative estimate of drug-likeness (QED) is 0.756. The lowest BCUT2D eigenvalue weighted by atomic mass is 9.83. The average Bonchev–Trinajstić information content (AvgIpc) is 2.98. The van der Waals surface area contributed by atoms with E-state index >= 15 is 0 Å². The van der Waals surface area contributed by atoms with Crippen LogP contribution in [0.15, 0.2) is 65.3 Å². The minimum Gasteiger partial charge on any atom is -0.464 e. The molecular weight excluding hydrogens is 276 g/mol. The summed E-state index contributed by atoms with van der Waals surface area (Å²) in [7, 11) is 0. The Balaban J connectivity index is 1.94. The molecule has 3 aromatic rings. The summed E-state index contributed by atoms with van der Waals surface area (Å²) < 4.78 is 5.53. The minimum absolute atomic E-state index is 0.429. The molecule has 0 spiro atoms. The smallest absolute Gasteiger partial charge is 0.134 e. The molecule has 2 aromatic carbocycles. The van der Waals surface area contributed by atoms with E-state index in [2.05, 4.69) is 0 Å². The highest BCUT2D eigenvalue weighted by Crippen LogP contribution is 2.36. The maximum absolute atomic E-state index is 11.1. The van der Waals surface area contributed by atoms with Gasteiger partial charge in [-0.05, 0) is 31.4 Å². The van der Waals surface area contributed by atoms with Gasteiger partial charge in [-0.2, -0.15) is 0 Å². The molecular formula is C19H20O3. The van der Waals surface area contributed by atoms with E-state index in [0.717, 1.165) is 16.5 Å². The number of rotatable bonds is 5. The fraction of sp³-hybridized carbons (Fsp3) is 0.263. The van der Waals surface area contributed by atoms with Gasteiger partial charge < -0.3 is 14.6 Å². The van der Waals surface area contributed by atoms with E-state index < -0.39 is 11.7 Å². The largest absolute Gasteiger partial charge is 0.464 e. The summed E-state index contributed by atoms with van der Waals surface area (Å²) in [6.45, 7) is 1.62. The zero-order valence-corrected chi connectivity index (χ0v) is 12.6. The van der Waals surface area contributed by atoms with Gasteiger partial charge in [-0.1, -0.05) is 48.5 Å². The standard InChI is InChI=1S/C19H20O3/c1-14(20)19(21,12-11-15-7-3-2-4-8-15)17-13-22-18-10-6-5-9-16(17)18/h2-10,13-14,20-21H,11-12H2,1H3/t14-,19?/m0/s1. The molecule has 3 heteroatoms. The van der Waals surface area contributed by atoms with Crippen LogP contribution in [0.3, 0.4) is 0 Å². The molecule has 22 heavy (non-hydrogen) atoms. The summed E-state index contributed by atoms with van der Waals surface area (Å²) in [6, 6.07) is 17.5. The van der Waals surface area contributed by atoms with Crippen LogP contribution >= 0.6 is 0 Å². The second-order valence-electron chi connectivity index (χ2n) is 5.73. The van der Waals surface area contributed by atoms with Crippen LogP contribution in [0.5, 0.6) is 0 Å². The van der Waals surface area contributed by atoms with E-state index in [0.29, 0.717) is 18.4 Å². The summed E-state index contributed by atoms with van der Waals surface area (Å²) in [5.41, 5.74) is 1.17. The van der Waals surface area contributed by atoms with Crippen molar-refractivity contribution in [2.24, 2.45) is 0 Å². The number of aliphatic hydroxyl groups excluding tert-OH is 1. The van der Waals surface area contributed by atoms with Crippen molar-refractivity contribution in [2.45, 2.75) is 31.5 Å². The number of hydrogen-bond donors (Lipinski definition) is 2. The Morgan fingerprint density at radius 2 is 1.73 bits per heavy atom. The zero-order valence-electron chi connectivity index (χ0n) is 12.6. The first-order valence-corrected chi connectivity index (χ1v) is 7.52. The summed E-state index contributed by atoms with van der Waals surface area (Å²) in [6.07, 6.45) is 1.78. The van der Waals surface area contributed by atoms with Crippen LogP contribution in [0.4, 0.5) is 0 Å². The lowest BCUT2D eigenvalue weighted by Crippen LogP contribution is -2.38. The van der Waals surface area contributed by atoms with Crippen molar-refractivity contribution in [3.63, 3.8) is 0 Å². The van der Waals surface area contributed by atoms with Gasteiger partial charge in [0.25, 0.3) is 0 Å². The molecule has 0 aliphatic heterocycles. The van der Waals surface area contributed by atoms with Crippen LogP contribution in [-0.2, 0) is 12.0 Å². The number of para-hydroxylation sites is 1. The van der Waals surface area contributed by atoms with E-state index in [-0.39, 0.29) is 0 Å². The molecule has 0 bridgehead atoms. The van der Waals surface area contributed by atoms with E-state index in [1.165, 1.54) is 0 Å². The van der Waals surface area contributed by atoms with Gasteiger partial charge in [0.15, 0.2) is 0 Å². The highest BCUT2D eigenvalue weighted by Gasteiger charge is 2.37. The molecule has 1 heterocycles. The van der Waals surface area contributed by atoms with Crippen molar-refractivity contribution in [3.8, 4) is 0 Å². The highest BCUT2D eigenvalue weighted by atomic mass is 16.3. The number of hydrogen-bond acceptors (Lipinski definition) is 3. The molecule has 0 saturated heterocycles. The molecule has 3 rings (SSSR count). The second kappa shape index (κ2) is 5.95. The van der Waals surface area contributed by atoms with Crippen molar-refractivity contribution in [1.82, 2.24) is 0 Å². The Kier molecular flexibility index (Phi) is 4.01. The predicted octanol–water partition coefficient (Wildman–Crippen LogP) is 3.63.